The lowest BCUT2D eigenvalue weighted by atomic mass is 9.82. The second-order valence-corrected chi connectivity index (χ2v) is 7.95. The number of hydrogen-bond donors (Lipinski definition) is 2. The van der Waals surface area contributed by atoms with Gasteiger partial charge >= 0.3 is 0 Å². The number of nitrogens with two attached hydrogens (primary N) is 1. The van der Waals surface area contributed by atoms with Gasteiger partial charge in [-0.05, 0) is 68.2 Å². The predicted molar refractivity (Wildman–Crippen MR) is 95.5 cm³/mol. The fraction of sp³-hybridized carbons (Fsp3) is 0.684. The largest absolute Gasteiger partial charge is 0.382 e. The molecule has 0 bridgehead atoms. The molecule has 0 spiro atoms. The van der Waals surface area contributed by atoms with Gasteiger partial charge in [-0.2, -0.15) is 0 Å². The van der Waals surface area contributed by atoms with Crippen LogP contribution in [0.2, 0.25) is 0 Å². The van der Waals surface area contributed by atoms with Crippen molar-refractivity contribution in [1.82, 2.24) is 0 Å². The molecule has 22 heavy (non-hydrogen) atoms. The van der Waals surface area contributed by atoms with Crippen molar-refractivity contribution in [2.45, 2.75) is 64.5 Å². The minimum atomic E-state index is 0.420. The van der Waals surface area contributed by atoms with E-state index in [0.717, 1.165) is 12.8 Å². The van der Waals surface area contributed by atoms with Crippen LogP contribution in [-0.2, 0) is 0 Å². The van der Waals surface area contributed by atoms with Gasteiger partial charge in [-0.25, -0.2) is 0 Å². The van der Waals surface area contributed by atoms with E-state index in [0.29, 0.717) is 17.5 Å². The fourth-order valence-corrected chi connectivity index (χ4v) is 3.64. The van der Waals surface area contributed by atoms with Crippen LogP contribution in [0.25, 0.3) is 0 Å². The molecule has 0 aromatic heterocycles. The summed E-state index contributed by atoms with van der Waals surface area (Å²) in [4.78, 5) is 2.52. The zero-order valence-corrected chi connectivity index (χ0v) is 14.1. The minimum Gasteiger partial charge on any atom is -0.382 e. The molecule has 3 N–H and O–H groups in total. The highest BCUT2D eigenvalue weighted by atomic mass is 15.1. The van der Waals surface area contributed by atoms with Crippen LogP contribution in [0, 0.1) is 5.41 Å². The standard InChI is InChI=1S/C19H31N3/c1-19(2)11-13-22(14-12-19)18-9-7-17(8-10-18)21-16-5-3-15(20)4-6-16/h7-10,15-16,21H,3-6,11-14,20H2,1-2H3. The highest BCUT2D eigenvalue weighted by molar-refractivity contribution is 5.55. The summed E-state index contributed by atoms with van der Waals surface area (Å²) < 4.78 is 0. The number of benzene rings is 1. The Kier molecular flexibility index (Phi) is 4.62. The summed E-state index contributed by atoms with van der Waals surface area (Å²) in [6.07, 6.45) is 7.28. The van der Waals surface area contributed by atoms with Crippen LogP contribution < -0.4 is 16.0 Å². The van der Waals surface area contributed by atoms with E-state index in [9.17, 15) is 0 Å². The molecule has 2 aliphatic rings. The summed E-state index contributed by atoms with van der Waals surface area (Å²) in [5, 5.41) is 3.67. The molecule has 1 aliphatic carbocycles. The third kappa shape index (κ3) is 3.95. The molecule has 3 heteroatoms. The maximum Gasteiger partial charge on any atom is 0.0367 e. The van der Waals surface area contributed by atoms with Crippen LogP contribution >= 0.6 is 0 Å². The van der Waals surface area contributed by atoms with E-state index in [1.165, 1.54) is 50.1 Å². The molecule has 0 amide bonds. The molecular weight excluding hydrogens is 270 g/mol. The molecular formula is C19H31N3. The second kappa shape index (κ2) is 6.49. The van der Waals surface area contributed by atoms with E-state index < -0.39 is 0 Å². The summed E-state index contributed by atoms with van der Waals surface area (Å²) in [6, 6.07) is 10.0. The lowest BCUT2D eigenvalue weighted by molar-refractivity contribution is 0.280. The third-order valence-electron chi connectivity index (χ3n) is 5.49. The summed E-state index contributed by atoms with van der Waals surface area (Å²) in [6.45, 7) is 7.13. The van der Waals surface area contributed by atoms with Gasteiger partial charge < -0.3 is 16.0 Å². The average Bonchev–Trinajstić information content (AvgIpc) is 2.51. The van der Waals surface area contributed by atoms with Gasteiger partial charge in [-0.1, -0.05) is 13.8 Å². The number of piperidine rings is 1. The van der Waals surface area contributed by atoms with Crippen molar-refractivity contribution in [1.29, 1.82) is 0 Å². The lowest BCUT2D eigenvalue weighted by Gasteiger charge is -2.38. The Bertz CT molecular complexity index is 462. The minimum absolute atomic E-state index is 0.420. The Morgan fingerprint density at radius 3 is 2.18 bits per heavy atom. The SMILES string of the molecule is CC1(C)CCN(c2ccc(NC3CCC(N)CC3)cc2)CC1. The number of nitrogens with one attached hydrogen (secondary N) is 1. The highest BCUT2D eigenvalue weighted by Gasteiger charge is 2.25. The lowest BCUT2D eigenvalue weighted by Crippen LogP contribution is -2.37. The van der Waals surface area contributed by atoms with Gasteiger partial charge in [0.05, 0.1) is 0 Å². The summed E-state index contributed by atoms with van der Waals surface area (Å²) in [5.41, 5.74) is 9.11. The Labute approximate surface area is 135 Å². The number of hydrogen-bond acceptors (Lipinski definition) is 3. The van der Waals surface area contributed by atoms with E-state index in [1.807, 2.05) is 0 Å². The molecule has 1 aromatic carbocycles. The fourth-order valence-electron chi connectivity index (χ4n) is 3.64. The molecule has 0 unspecified atom stereocenters. The van der Waals surface area contributed by atoms with Gasteiger partial charge in [0.25, 0.3) is 0 Å². The maximum absolute atomic E-state index is 5.98. The first-order chi connectivity index (χ1) is 10.5. The van der Waals surface area contributed by atoms with Crippen molar-refractivity contribution in [3.63, 3.8) is 0 Å². The van der Waals surface area contributed by atoms with Crippen molar-refractivity contribution in [2.24, 2.45) is 11.1 Å². The van der Waals surface area contributed by atoms with E-state index in [4.69, 9.17) is 5.73 Å². The first-order valence-electron chi connectivity index (χ1n) is 8.89. The van der Waals surface area contributed by atoms with Gasteiger partial charge in [0.2, 0.25) is 0 Å². The Morgan fingerprint density at radius 1 is 1.00 bits per heavy atom. The topological polar surface area (TPSA) is 41.3 Å². The summed E-state index contributed by atoms with van der Waals surface area (Å²) in [5.74, 6) is 0. The zero-order chi connectivity index (χ0) is 15.6. The van der Waals surface area contributed by atoms with Gasteiger partial charge in [-0.15, -0.1) is 0 Å². The molecule has 122 valence electrons. The van der Waals surface area contributed by atoms with Gasteiger partial charge in [0, 0.05) is 36.5 Å². The molecule has 3 rings (SSSR count). The normalized spacial score (nSPS) is 28.4. The number of rotatable bonds is 3. The van der Waals surface area contributed by atoms with Crippen LogP contribution in [0.1, 0.15) is 52.4 Å². The molecule has 1 saturated carbocycles. The number of nitrogens with zero attached hydrogens (tertiary/aromatic N) is 1. The second-order valence-electron chi connectivity index (χ2n) is 7.95. The van der Waals surface area contributed by atoms with E-state index >= 15 is 0 Å². The zero-order valence-electron chi connectivity index (χ0n) is 14.1. The molecule has 1 saturated heterocycles. The Morgan fingerprint density at radius 2 is 1.59 bits per heavy atom. The predicted octanol–water partition coefficient (Wildman–Crippen LogP) is 3.99. The van der Waals surface area contributed by atoms with Crippen LogP contribution in [-0.4, -0.2) is 25.2 Å². The number of anilines is 2. The molecule has 1 aromatic rings. The van der Waals surface area contributed by atoms with Gasteiger partial charge in [-0.3, -0.25) is 0 Å². The highest BCUT2D eigenvalue weighted by Crippen LogP contribution is 2.32. The summed E-state index contributed by atoms with van der Waals surface area (Å²) in [7, 11) is 0. The van der Waals surface area contributed by atoms with Gasteiger partial charge in [0.15, 0.2) is 0 Å². The van der Waals surface area contributed by atoms with Crippen molar-refractivity contribution < 1.29 is 0 Å². The van der Waals surface area contributed by atoms with Crippen molar-refractivity contribution >= 4 is 11.4 Å². The average molecular weight is 301 g/mol. The third-order valence-corrected chi connectivity index (χ3v) is 5.49. The van der Waals surface area contributed by atoms with Crippen molar-refractivity contribution in [2.75, 3.05) is 23.3 Å². The van der Waals surface area contributed by atoms with E-state index in [2.05, 4.69) is 48.3 Å². The van der Waals surface area contributed by atoms with Gasteiger partial charge in [0.1, 0.15) is 0 Å². The molecule has 0 atom stereocenters. The molecule has 3 nitrogen and oxygen atoms in total. The first-order valence-corrected chi connectivity index (χ1v) is 8.89. The molecule has 2 fully saturated rings. The van der Waals surface area contributed by atoms with E-state index in [-0.39, 0.29) is 0 Å². The van der Waals surface area contributed by atoms with Crippen LogP contribution in [0.3, 0.4) is 0 Å². The van der Waals surface area contributed by atoms with Crippen molar-refractivity contribution in [3.05, 3.63) is 24.3 Å². The smallest absolute Gasteiger partial charge is 0.0367 e. The Hall–Kier alpha value is -1.22. The quantitative estimate of drug-likeness (QED) is 0.887. The summed E-state index contributed by atoms with van der Waals surface area (Å²) >= 11 is 0. The van der Waals surface area contributed by atoms with Crippen LogP contribution in [0.15, 0.2) is 24.3 Å². The van der Waals surface area contributed by atoms with Crippen molar-refractivity contribution in [3.8, 4) is 0 Å². The van der Waals surface area contributed by atoms with E-state index in [1.54, 1.807) is 0 Å². The first kappa shape index (κ1) is 15.7. The molecule has 1 aliphatic heterocycles. The molecule has 0 radical (unpaired) electrons. The van der Waals surface area contributed by atoms with Crippen LogP contribution in [0.4, 0.5) is 11.4 Å². The molecule has 1 heterocycles. The maximum atomic E-state index is 5.98. The van der Waals surface area contributed by atoms with Crippen LogP contribution in [0.5, 0.6) is 0 Å². The Balaban J connectivity index is 1.54. The monoisotopic (exact) mass is 301 g/mol.